The van der Waals surface area contributed by atoms with Crippen LogP contribution < -0.4 is 10.6 Å². The lowest BCUT2D eigenvalue weighted by atomic mass is 10.1. The Bertz CT molecular complexity index is 600. The molecule has 0 radical (unpaired) electrons. The first kappa shape index (κ1) is 16.1. The maximum absolute atomic E-state index is 11.5. The molecule has 0 saturated heterocycles. The maximum atomic E-state index is 11.5. The number of alkyl carbamates (subject to hydrolysis) is 1. The standard InChI is InChI=1S/C17H22N2O3/c1-17(2,3)22-16(21)18-9-5-4-6-12-7-8-13-11-15(20)19-14(13)10-12/h4,6-8,10H,5,9,11H2,1-3H3,(H,18,21)(H,19,20). The number of hydrogen-bond donors (Lipinski definition) is 2. The van der Waals surface area contributed by atoms with Crippen molar-refractivity contribution in [2.75, 3.05) is 11.9 Å². The molecule has 1 heterocycles. The molecule has 0 atom stereocenters. The summed E-state index contributed by atoms with van der Waals surface area (Å²) < 4.78 is 5.15. The molecule has 1 aromatic rings. The Morgan fingerprint density at radius 1 is 1.41 bits per heavy atom. The Hall–Kier alpha value is -2.30. The lowest BCUT2D eigenvalue weighted by Crippen LogP contribution is -2.32. The molecule has 1 aromatic carbocycles. The molecule has 2 amide bonds. The highest BCUT2D eigenvalue weighted by molar-refractivity contribution is 5.99. The van der Waals surface area contributed by atoms with E-state index in [2.05, 4.69) is 10.6 Å². The van der Waals surface area contributed by atoms with Crippen LogP contribution in [0.1, 0.15) is 38.3 Å². The van der Waals surface area contributed by atoms with Crippen molar-refractivity contribution in [3.05, 3.63) is 35.4 Å². The van der Waals surface area contributed by atoms with Gasteiger partial charge in [0.15, 0.2) is 0 Å². The molecule has 118 valence electrons. The molecule has 22 heavy (non-hydrogen) atoms. The SMILES string of the molecule is CC(C)(C)OC(=O)NCCC=Cc1ccc2c(c1)NC(=O)C2. The largest absolute Gasteiger partial charge is 0.444 e. The van der Waals surface area contributed by atoms with Gasteiger partial charge in [-0.2, -0.15) is 0 Å². The fourth-order valence-corrected chi connectivity index (χ4v) is 2.13. The van der Waals surface area contributed by atoms with Gasteiger partial charge in [0, 0.05) is 12.2 Å². The monoisotopic (exact) mass is 302 g/mol. The lowest BCUT2D eigenvalue weighted by Gasteiger charge is -2.19. The molecule has 0 spiro atoms. The van der Waals surface area contributed by atoms with Crippen molar-refractivity contribution in [3.8, 4) is 0 Å². The second-order valence-corrected chi connectivity index (χ2v) is 6.26. The third-order valence-electron chi connectivity index (χ3n) is 3.05. The smallest absolute Gasteiger partial charge is 0.407 e. The van der Waals surface area contributed by atoms with Gasteiger partial charge in [-0.1, -0.05) is 24.3 Å². The van der Waals surface area contributed by atoms with Gasteiger partial charge >= 0.3 is 6.09 Å². The Balaban J connectivity index is 1.76. The molecule has 0 fully saturated rings. The summed E-state index contributed by atoms with van der Waals surface area (Å²) in [6.45, 7) is 6.02. The number of ether oxygens (including phenoxy) is 1. The summed E-state index contributed by atoms with van der Waals surface area (Å²) in [5.41, 5.74) is 2.47. The van der Waals surface area contributed by atoms with Gasteiger partial charge in [-0.05, 0) is 44.4 Å². The molecule has 5 nitrogen and oxygen atoms in total. The average molecular weight is 302 g/mol. The topological polar surface area (TPSA) is 67.4 Å². The summed E-state index contributed by atoms with van der Waals surface area (Å²) >= 11 is 0. The van der Waals surface area contributed by atoms with Crippen molar-refractivity contribution >= 4 is 23.8 Å². The van der Waals surface area contributed by atoms with Gasteiger partial charge in [0.05, 0.1) is 6.42 Å². The van der Waals surface area contributed by atoms with Gasteiger partial charge in [0.2, 0.25) is 5.91 Å². The predicted molar refractivity (Wildman–Crippen MR) is 86.7 cm³/mol. The van der Waals surface area contributed by atoms with Crippen molar-refractivity contribution in [1.82, 2.24) is 5.32 Å². The molecule has 0 bridgehead atoms. The predicted octanol–water partition coefficient (Wildman–Crippen LogP) is 3.11. The van der Waals surface area contributed by atoms with Crippen LogP contribution in [-0.2, 0) is 16.0 Å². The van der Waals surface area contributed by atoms with Gasteiger partial charge in [-0.25, -0.2) is 4.79 Å². The Morgan fingerprint density at radius 2 is 2.18 bits per heavy atom. The van der Waals surface area contributed by atoms with E-state index in [1.54, 1.807) is 0 Å². The number of rotatable bonds is 4. The van der Waals surface area contributed by atoms with Crippen molar-refractivity contribution < 1.29 is 14.3 Å². The lowest BCUT2D eigenvalue weighted by molar-refractivity contribution is -0.115. The first-order valence-corrected chi connectivity index (χ1v) is 7.40. The van der Waals surface area contributed by atoms with Crippen LogP contribution in [0, 0.1) is 0 Å². The fraction of sp³-hybridized carbons (Fsp3) is 0.412. The number of nitrogens with one attached hydrogen (secondary N) is 2. The quantitative estimate of drug-likeness (QED) is 0.840. The Labute approximate surface area is 130 Å². The molecular weight excluding hydrogens is 280 g/mol. The number of anilines is 1. The third kappa shape index (κ3) is 4.91. The molecule has 2 N–H and O–H groups in total. The molecule has 0 aromatic heterocycles. The molecule has 0 saturated carbocycles. The van der Waals surface area contributed by atoms with Crippen LogP contribution >= 0.6 is 0 Å². The van der Waals surface area contributed by atoms with Gasteiger partial charge in [-0.15, -0.1) is 0 Å². The number of benzene rings is 1. The highest BCUT2D eigenvalue weighted by atomic mass is 16.6. The Morgan fingerprint density at radius 3 is 2.91 bits per heavy atom. The van der Waals surface area contributed by atoms with E-state index >= 15 is 0 Å². The third-order valence-corrected chi connectivity index (χ3v) is 3.05. The van der Waals surface area contributed by atoms with Gasteiger partial charge in [-0.3, -0.25) is 4.79 Å². The highest BCUT2D eigenvalue weighted by Crippen LogP contribution is 2.24. The summed E-state index contributed by atoms with van der Waals surface area (Å²) in [6, 6.07) is 5.90. The van der Waals surface area contributed by atoms with E-state index in [9.17, 15) is 9.59 Å². The van der Waals surface area contributed by atoms with Crippen LogP contribution in [0.5, 0.6) is 0 Å². The van der Waals surface area contributed by atoms with Crippen LogP contribution in [0.2, 0.25) is 0 Å². The fourth-order valence-electron chi connectivity index (χ4n) is 2.13. The van der Waals surface area contributed by atoms with Crippen LogP contribution in [0.4, 0.5) is 10.5 Å². The second-order valence-electron chi connectivity index (χ2n) is 6.26. The van der Waals surface area contributed by atoms with Crippen LogP contribution in [0.15, 0.2) is 24.3 Å². The summed E-state index contributed by atoms with van der Waals surface area (Å²) in [5.74, 6) is 0.0395. The average Bonchev–Trinajstić information content (AvgIpc) is 2.75. The minimum absolute atomic E-state index is 0.0395. The van der Waals surface area contributed by atoms with Crippen LogP contribution in [0.3, 0.4) is 0 Å². The normalized spacial score (nSPS) is 13.9. The van der Waals surface area contributed by atoms with E-state index < -0.39 is 11.7 Å². The first-order valence-electron chi connectivity index (χ1n) is 7.40. The minimum atomic E-state index is -0.477. The van der Waals surface area contributed by atoms with Crippen molar-refractivity contribution in [3.63, 3.8) is 0 Å². The zero-order chi connectivity index (χ0) is 16.2. The van der Waals surface area contributed by atoms with E-state index in [1.807, 2.05) is 51.1 Å². The van der Waals surface area contributed by atoms with Gasteiger partial charge in [0.25, 0.3) is 0 Å². The second kappa shape index (κ2) is 6.64. The maximum Gasteiger partial charge on any atom is 0.407 e. The van der Waals surface area contributed by atoms with Crippen LogP contribution in [-0.4, -0.2) is 24.1 Å². The summed E-state index contributed by atoms with van der Waals surface area (Å²) in [6.07, 6.45) is 4.72. The van der Waals surface area contributed by atoms with Gasteiger partial charge < -0.3 is 15.4 Å². The molecule has 0 unspecified atom stereocenters. The van der Waals surface area contributed by atoms with Crippen LogP contribution in [0.25, 0.3) is 6.08 Å². The number of carbonyl (C=O) groups is 2. The molecular formula is C17H22N2O3. The number of fused-ring (bicyclic) bond motifs is 1. The summed E-state index contributed by atoms with van der Waals surface area (Å²) in [7, 11) is 0. The minimum Gasteiger partial charge on any atom is -0.444 e. The van der Waals surface area contributed by atoms with E-state index in [4.69, 9.17) is 4.74 Å². The zero-order valence-corrected chi connectivity index (χ0v) is 13.2. The van der Waals surface area contributed by atoms with Crippen molar-refractivity contribution in [2.24, 2.45) is 0 Å². The number of amides is 2. The number of carbonyl (C=O) groups excluding carboxylic acids is 2. The van der Waals surface area contributed by atoms with E-state index in [0.717, 1.165) is 16.8 Å². The van der Waals surface area contributed by atoms with E-state index in [1.165, 1.54) is 0 Å². The molecule has 1 aliphatic rings. The highest BCUT2D eigenvalue weighted by Gasteiger charge is 2.17. The molecule has 2 rings (SSSR count). The van der Waals surface area contributed by atoms with Crippen molar-refractivity contribution in [1.29, 1.82) is 0 Å². The van der Waals surface area contributed by atoms with E-state index in [0.29, 0.717) is 19.4 Å². The summed E-state index contributed by atoms with van der Waals surface area (Å²) in [5, 5.41) is 5.53. The van der Waals surface area contributed by atoms with E-state index in [-0.39, 0.29) is 5.91 Å². The zero-order valence-electron chi connectivity index (χ0n) is 13.2. The first-order chi connectivity index (χ1) is 10.3. The molecule has 1 aliphatic heterocycles. The Kier molecular flexibility index (Phi) is 4.85. The summed E-state index contributed by atoms with van der Waals surface area (Å²) in [4.78, 5) is 22.7. The van der Waals surface area contributed by atoms with Crippen molar-refractivity contribution in [2.45, 2.75) is 39.2 Å². The van der Waals surface area contributed by atoms with Gasteiger partial charge in [0.1, 0.15) is 5.60 Å². The number of hydrogen-bond acceptors (Lipinski definition) is 3. The molecule has 0 aliphatic carbocycles. The molecule has 5 heteroatoms.